The Morgan fingerprint density at radius 2 is 2.38 bits per heavy atom. The molecule has 3 heterocycles. The molecule has 0 bridgehead atoms. The van der Waals surface area contributed by atoms with Crippen LogP contribution in [0.15, 0.2) is 10.7 Å². The second kappa shape index (κ2) is 8.04. The third-order valence-corrected chi connectivity index (χ3v) is 5.18. The Hall–Kier alpha value is -1.52. The Kier molecular flexibility index (Phi) is 5.80. The van der Waals surface area contributed by atoms with Crippen LogP contribution in [0.1, 0.15) is 38.4 Å². The van der Waals surface area contributed by atoms with Gasteiger partial charge in [0.15, 0.2) is 5.16 Å². The van der Waals surface area contributed by atoms with Gasteiger partial charge in [-0.15, -0.1) is 20.4 Å². The highest BCUT2D eigenvalue weighted by molar-refractivity contribution is 7.99. The maximum absolute atomic E-state index is 12.0. The molecule has 0 aliphatic carbocycles. The Balaban J connectivity index is 1.64. The van der Waals surface area contributed by atoms with Crippen LogP contribution >= 0.6 is 23.1 Å². The number of amides is 1. The molecule has 24 heavy (non-hydrogen) atoms. The third-order valence-electron chi connectivity index (χ3n) is 3.61. The van der Waals surface area contributed by atoms with E-state index < -0.39 is 0 Å². The summed E-state index contributed by atoms with van der Waals surface area (Å²) in [6.07, 6.45) is 2.35. The van der Waals surface area contributed by atoms with Gasteiger partial charge in [0.05, 0.1) is 18.4 Å². The zero-order valence-electron chi connectivity index (χ0n) is 13.6. The molecule has 1 aliphatic heterocycles. The van der Waals surface area contributed by atoms with Crippen LogP contribution < -0.4 is 5.32 Å². The summed E-state index contributed by atoms with van der Waals surface area (Å²) < 4.78 is 7.82. The van der Waals surface area contributed by atoms with E-state index in [2.05, 4.69) is 44.1 Å². The molecular formula is C14H20N6O2S2. The zero-order chi connectivity index (χ0) is 16.9. The lowest BCUT2D eigenvalue weighted by atomic mass is 10.2. The van der Waals surface area contributed by atoms with Gasteiger partial charge in [-0.2, -0.15) is 0 Å². The second-order valence-corrected chi connectivity index (χ2v) is 7.60. The molecule has 1 aliphatic rings. The summed E-state index contributed by atoms with van der Waals surface area (Å²) in [7, 11) is 0. The van der Waals surface area contributed by atoms with E-state index in [-0.39, 0.29) is 23.7 Å². The van der Waals surface area contributed by atoms with E-state index in [9.17, 15) is 4.79 Å². The first-order chi connectivity index (χ1) is 11.6. The highest BCUT2D eigenvalue weighted by Crippen LogP contribution is 2.24. The van der Waals surface area contributed by atoms with E-state index in [0.29, 0.717) is 5.13 Å². The topological polar surface area (TPSA) is 94.8 Å². The van der Waals surface area contributed by atoms with Crippen molar-refractivity contribution in [2.75, 3.05) is 17.7 Å². The van der Waals surface area contributed by atoms with Crippen molar-refractivity contribution in [2.45, 2.75) is 50.4 Å². The molecule has 0 spiro atoms. The zero-order valence-corrected chi connectivity index (χ0v) is 15.3. The van der Waals surface area contributed by atoms with Gasteiger partial charge in [-0.3, -0.25) is 10.1 Å². The molecular weight excluding hydrogens is 348 g/mol. The van der Waals surface area contributed by atoms with Crippen molar-refractivity contribution >= 4 is 34.1 Å². The molecule has 1 N–H and O–H groups in total. The van der Waals surface area contributed by atoms with E-state index in [4.69, 9.17) is 4.74 Å². The molecule has 0 aromatic carbocycles. The number of carbonyl (C=O) groups is 1. The minimum atomic E-state index is -0.130. The van der Waals surface area contributed by atoms with E-state index in [1.165, 1.54) is 23.1 Å². The minimum Gasteiger partial charge on any atom is -0.376 e. The van der Waals surface area contributed by atoms with Crippen molar-refractivity contribution in [2.24, 2.45) is 0 Å². The number of hydrogen-bond donors (Lipinski definition) is 1. The van der Waals surface area contributed by atoms with Gasteiger partial charge in [-0.1, -0.05) is 36.9 Å². The number of aromatic nitrogens is 5. The first-order valence-electron chi connectivity index (χ1n) is 7.87. The van der Waals surface area contributed by atoms with Crippen LogP contribution in [0, 0.1) is 0 Å². The van der Waals surface area contributed by atoms with Gasteiger partial charge in [-0.25, -0.2) is 0 Å². The average molecular weight is 368 g/mol. The molecule has 2 aromatic rings. The van der Waals surface area contributed by atoms with Gasteiger partial charge < -0.3 is 9.30 Å². The molecule has 1 atom stereocenters. The fourth-order valence-corrected chi connectivity index (χ4v) is 3.73. The van der Waals surface area contributed by atoms with Crippen LogP contribution in [0.25, 0.3) is 0 Å². The van der Waals surface area contributed by atoms with Crippen LogP contribution in [-0.2, 0) is 16.1 Å². The molecule has 130 valence electrons. The van der Waals surface area contributed by atoms with Crippen molar-refractivity contribution in [1.29, 1.82) is 0 Å². The normalized spacial score (nSPS) is 17.5. The van der Waals surface area contributed by atoms with Crippen LogP contribution in [0.3, 0.4) is 0 Å². The summed E-state index contributed by atoms with van der Waals surface area (Å²) in [4.78, 5) is 12.0. The molecule has 3 rings (SSSR count). The summed E-state index contributed by atoms with van der Waals surface area (Å²) in [5.41, 5.74) is 1.58. The highest BCUT2D eigenvalue weighted by Gasteiger charge is 2.22. The lowest BCUT2D eigenvalue weighted by Gasteiger charge is -2.15. The van der Waals surface area contributed by atoms with Crippen LogP contribution in [0.5, 0.6) is 0 Å². The van der Waals surface area contributed by atoms with Gasteiger partial charge in [0.2, 0.25) is 11.0 Å². The van der Waals surface area contributed by atoms with E-state index in [0.717, 1.165) is 37.0 Å². The van der Waals surface area contributed by atoms with Crippen molar-refractivity contribution in [3.8, 4) is 0 Å². The standard InChI is InChI=1S/C14H20N6O2S2/c1-9(2)12-17-19-14(20(12)6-10-4-3-5-22-10)23-7-11(21)16-13-18-15-8-24-13/h8-10H,3-7H2,1-2H3,(H,16,18,21). The number of thioether (sulfide) groups is 1. The van der Waals surface area contributed by atoms with Gasteiger partial charge in [0.1, 0.15) is 11.3 Å². The van der Waals surface area contributed by atoms with Gasteiger partial charge >= 0.3 is 0 Å². The Morgan fingerprint density at radius 3 is 3.04 bits per heavy atom. The largest absolute Gasteiger partial charge is 0.376 e. The van der Waals surface area contributed by atoms with Crippen molar-refractivity contribution in [3.05, 3.63) is 11.3 Å². The summed E-state index contributed by atoms with van der Waals surface area (Å²) in [5.74, 6) is 1.32. The molecule has 2 aromatic heterocycles. The van der Waals surface area contributed by atoms with Crippen LogP contribution in [0.4, 0.5) is 5.13 Å². The molecule has 8 nitrogen and oxygen atoms in total. The monoisotopic (exact) mass is 368 g/mol. The Labute approximate surface area is 148 Å². The third kappa shape index (κ3) is 4.31. The Bertz CT molecular complexity index is 667. The lowest BCUT2D eigenvalue weighted by Crippen LogP contribution is -2.19. The number of ether oxygens (including phenoxy) is 1. The van der Waals surface area contributed by atoms with Gasteiger partial charge in [0, 0.05) is 12.5 Å². The summed E-state index contributed by atoms with van der Waals surface area (Å²) in [5, 5.41) is 20.0. The maximum Gasteiger partial charge on any atom is 0.236 e. The summed E-state index contributed by atoms with van der Waals surface area (Å²) in [6.45, 7) is 5.73. The summed E-state index contributed by atoms with van der Waals surface area (Å²) >= 11 is 2.67. The highest BCUT2D eigenvalue weighted by atomic mass is 32.2. The molecule has 1 unspecified atom stereocenters. The van der Waals surface area contributed by atoms with Crippen molar-refractivity contribution < 1.29 is 9.53 Å². The predicted molar refractivity (Wildman–Crippen MR) is 92.3 cm³/mol. The lowest BCUT2D eigenvalue weighted by molar-refractivity contribution is -0.113. The molecule has 10 heteroatoms. The minimum absolute atomic E-state index is 0.130. The first-order valence-corrected chi connectivity index (χ1v) is 9.73. The molecule has 0 radical (unpaired) electrons. The van der Waals surface area contributed by atoms with Crippen LogP contribution in [-0.4, -0.2) is 49.3 Å². The molecule has 1 fully saturated rings. The second-order valence-electron chi connectivity index (χ2n) is 5.82. The van der Waals surface area contributed by atoms with Crippen LogP contribution in [0.2, 0.25) is 0 Å². The smallest absolute Gasteiger partial charge is 0.236 e. The fraction of sp³-hybridized carbons (Fsp3) is 0.643. The molecule has 0 saturated carbocycles. The predicted octanol–water partition coefficient (Wildman–Crippen LogP) is 2.16. The fourth-order valence-electron chi connectivity index (χ4n) is 2.51. The van der Waals surface area contributed by atoms with Crippen molar-refractivity contribution in [1.82, 2.24) is 25.0 Å². The summed E-state index contributed by atoms with van der Waals surface area (Å²) in [6, 6.07) is 0. The van der Waals surface area contributed by atoms with Gasteiger partial charge in [-0.05, 0) is 12.8 Å². The SMILES string of the molecule is CC(C)c1nnc(SCC(=O)Nc2nncs2)n1CC1CCCO1. The van der Waals surface area contributed by atoms with E-state index in [1.54, 1.807) is 5.51 Å². The van der Waals surface area contributed by atoms with Crippen molar-refractivity contribution in [3.63, 3.8) is 0 Å². The Morgan fingerprint density at radius 1 is 1.50 bits per heavy atom. The quantitative estimate of drug-likeness (QED) is 0.748. The van der Waals surface area contributed by atoms with E-state index >= 15 is 0 Å². The number of rotatable bonds is 7. The van der Waals surface area contributed by atoms with Gasteiger partial charge in [0.25, 0.3) is 0 Å². The average Bonchev–Trinajstić information content (AvgIpc) is 3.27. The number of nitrogens with zero attached hydrogens (tertiary/aromatic N) is 5. The maximum atomic E-state index is 12.0. The number of carbonyl (C=O) groups excluding carboxylic acids is 1. The first kappa shape index (κ1) is 17.3. The molecule has 1 saturated heterocycles. The molecule has 1 amide bonds. The number of nitrogens with one attached hydrogen (secondary N) is 1. The van der Waals surface area contributed by atoms with E-state index in [1.807, 2.05) is 0 Å². The number of hydrogen-bond acceptors (Lipinski definition) is 8. The number of anilines is 1.